The van der Waals surface area contributed by atoms with Crippen LogP contribution < -0.4 is 9.64 Å². The molecule has 2 aromatic rings. The molecule has 0 saturated carbocycles. The Morgan fingerprint density at radius 3 is 2.38 bits per heavy atom. The number of amides is 2. The minimum absolute atomic E-state index is 0.159. The number of hydrogen-bond donors (Lipinski definition) is 1. The van der Waals surface area contributed by atoms with Gasteiger partial charge in [0.1, 0.15) is 11.5 Å². The van der Waals surface area contributed by atoms with Gasteiger partial charge in [-0.2, -0.15) is 0 Å². The summed E-state index contributed by atoms with van der Waals surface area (Å²) >= 11 is 0. The Labute approximate surface area is 228 Å². The fourth-order valence-electron chi connectivity index (χ4n) is 5.79. The van der Waals surface area contributed by atoms with Gasteiger partial charge in [0, 0.05) is 43.9 Å². The predicted octanol–water partition coefficient (Wildman–Crippen LogP) is 3.14. The maximum Gasteiger partial charge on any atom is 0.296 e. The van der Waals surface area contributed by atoms with Gasteiger partial charge in [0.15, 0.2) is 5.54 Å². The van der Waals surface area contributed by atoms with Gasteiger partial charge in [-0.1, -0.05) is 31.5 Å². The molecule has 2 aromatic carbocycles. The smallest absolute Gasteiger partial charge is 0.296 e. The van der Waals surface area contributed by atoms with E-state index in [-0.39, 0.29) is 23.8 Å². The van der Waals surface area contributed by atoms with Gasteiger partial charge in [-0.25, -0.2) is 0 Å². The quantitative estimate of drug-likeness (QED) is 0.300. The molecule has 3 aliphatic rings. The van der Waals surface area contributed by atoms with Crippen LogP contribution in [0.3, 0.4) is 0 Å². The second-order valence-electron chi connectivity index (χ2n) is 9.96. The Balaban J connectivity index is 1.67. The molecule has 1 atom stereocenters. The van der Waals surface area contributed by atoms with Crippen molar-refractivity contribution in [3.63, 3.8) is 0 Å². The zero-order chi connectivity index (χ0) is 27.6. The molecular weight excluding hydrogens is 498 g/mol. The molecule has 1 spiro atoms. The Kier molecular flexibility index (Phi) is 7.72. The number of fused-ring (bicyclic) bond motifs is 2. The average molecular weight is 534 g/mol. The number of nitrogens with zero attached hydrogens (tertiary/aromatic N) is 3. The summed E-state index contributed by atoms with van der Waals surface area (Å²) in [6.45, 7) is 8.08. The van der Waals surface area contributed by atoms with E-state index in [1.54, 1.807) is 41.3 Å². The van der Waals surface area contributed by atoms with E-state index >= 15 is 0 Å². The number of likely N-dealkylation sites (tertiary alicyclic amines) is 1. The Bertz CT molecular complexity index is 1280. The van der Waals surface area contributed by atoms with Crippen LogP contribution in [0.2, 0.25) is 0 Å². The van der Waals surface area contributed by atoms with E-state index < -0.39 is 17.2 Å². The summed E-state index contributed by atoms with van der Waals surface area (Å²) in [7, 11) is 0. The topological polar surface area (TPSA) is 99.6 Å². The summed E-state index contributed by atoms with van der Waals surface area (Å²) in [4.78, 5) is 47.2. The van der Waals surface area contributed by atoms with Crippen LogP contribution in [0.15, 0.2) is 54.1 Å². The van der Waals surface area contributed by atoms with Gasteiger partial charge in [0.25, 0.3) is 17.6 Å². The molecule has 0 aromatic heterocycles. The highest BCUT2D eigenvalue weighted by Crippen LogP contribution is 2.53. The van der Waals surface area contributed by atoms with E-state index in [9.17, 15) is 19.5 Å². The monoisotopic (exact) mass is 533 g/mol. The standard InChI is InChI=1S/C30H35N3O6/c1-3-5-14-32-24-9-7-6-8-23(24)30(29(32)37)25(26(34)21-10-12-22(13-11-21)39-4-2)27(35)28(36)33(30)16-15-31-17-19-38-20-18-31/h6-13,34H,3-5,14-20H2,1-2H3/t30-/m0/s1. The van der Waals surface area contributed by atoms with Crippen molar-refractivity contribution in [3.05, 3.63) is 65.2 Å². The van der Waals surface area contributed by atoms with Crippen LogP contribution in [0.4, 0.5) is 5.69 Å². The molecule has 2 saturated heterocycles. The van der Waals surface area contributed by atoms with Crippen molar-refractivity contribution < 1.29 is 29.0 Å². The minimum atomic E-state index is -1.74. The molecule has 0 aliphatic carbocycles. The molecule has 0 unspecified atom stereocenters. The number of hydrogen-bond acceptors (Lipinski definition) is 7. The molecule has 5 rings (SSSR count). The lowest BCUT2D eigenvalue weighted by atomic mass is 9.82. The largest absolute Gasteiger partial charge is 0.507 e. The van der Waals surface area contributed by atoms with Crippen molar-refractivity contribution in [1.29, 1.82) is 0 Å². The van der Waals surface area contributed by atoms with E-state index in [2.05, 4.69) is 4.90 Å². The first-order valence-electron chi connectivity index (χ1n) is 13.7. The van der Waals surface area contributed by atoms with Gasteiger partial charge in [0.05, 0.1) is 31.1 Å². The number of ketones is 1. The lowest BCUT2D eigenvalue weighted by molar-refractivity contribution is -0.144. The highest BCUT2D eigenvalue weighted by molar-refractivity contribution is 6.50. The maximum atomic E-state index is 14.5. The van der Waals surface area contributed by atoms with Crippen molar-refractivity contribution in [3.8, 4) is 5.75 Å². The molecular formula is C30H35N3O6. The van der Waals surface area contributed by atoms with Gasteiger partial charge in [0.2, 0.25) is 0 Å². The zero-order valence-electron chi connectivity index (χ0n) is 22.5. The fourth-order valence-corrected chi connectivity index (χ4v) is 5.79. The fraction of sp³-hybridized carbons (Fsp3) is 0.433. The number of morpholine rings is 1. The van der Waals surface area contributed by atoms with Crippen LogP contribution >= 0.6 is 0 Å². The maximum absolute atomic E-state index is 14.5. The number of benzene rings is 2. The van der Waals surface area contributed by atoms with Gasteiger partial charge < -0.3 is 24.4 Å². The van der Waals surface area contributed by atoms with Crippen molar-refractivity contribution in [2.45, 2.75) is 32.2 Å². The van der Waals surface area contributed by atoms with E-state index in [0.29, 0.717) is 68.6 Å². The zero-order valence-corrected chi connectivity index (χ0v) is 22.5. The number of carbonyl (C=O) groups is 3. The van der Waals surface area contributed by atoms with E-state index in [1.165, 1.54) is 4.90 Å². The number of aliphatic hydroxyl groups is 1. The second kappa shape index (κ2) is 11.2. The second-order valence-corrected chi connectivity index (χ2v) is 9.96. The number of Topliss-reactive ketones (excluding diaryl/α,β-unsaturated/α-hetero) is 1. The van der Waals surface area contributed by atoms with E-state index in [0.717, 1.165) is 12.8 Å². The molecule has 3 heterocycles. The summed E-state index contributed by atoms with van der Waals surface area (Å²) in [6.07, 6.45) is 1.63. The third-order valence-electron chi connectivity index (χ3n) is 7.73. The first-order valence-corrected chi connectivity index (χ1v) is 13.7. The Morgan fingerprint density at radius 2 is 1.69 bits per heavy atom. The Hall–Kier alpha value is -3.69. The summed E-state index contributed by atoms with van der Waals surface area (Å²) in [5.41, 5.74) is -0.393. The first kappa shape index (κ1) is 26.9. The third kappa shape index (κ3) is 4.49. The summed E-state index contributed by atoms with van der Waals surface area (Å²) in [5.74, 6) is -1.78. The summed E-state index contributed by atoms with van der Waals surface area (Å²) < 4.78 is 11.0. The lowest BCUT2D eigenvalue weighted by Crippen LogP contribution is -2.54. The molecule has 2 fully saturated rings. The molecule has 0 radical (unpaired) electrons. The minimum Gasteiger partial charge on any atom is -0.507 e. The van der Waals surface area contributed by atoms with Crippen LogP contribution in [-0.2, 0) is 24.7 Å². The van der Waals surface area contributed by atoms with Crippen LogP contribution in [0.25, 0.3) is 5.76 Å². The van der Waals surface area contributed by atoms with E-state index in [4.69, 9.17) is 9.47 Å². The van der Waals surface area contributed by atoms with Crippen molar-refractivity contribution in [2.24, 2.45) is 0 Å². The van der Waals surface area contributed by atoms with Gasteiger partial charge in [-0.05, 0) is 43.7 Å². The summed E-state index contributed by atoms with van der Waals surface area (Å²) in [5, 5.41) is 11.6. The molecule has 0 bridgehead atoms. The van der Waals surface area contributed by atoms with Crippen LogP contribution in [0, 0.1) is 0 Å². The van der Waals surface area contributed by atoms with Crippen LogP contribution in [0.5, 0.6) is 5.75 Å². The Morgan fingerprint density at radius 1 is 0.974 bits per heavy atom. The summed E-state index contributed by atoms with van der Waals surface area (Å²) in [6, 6.07) is 13.9. The number of unbranched alkanes of at least 4 members (excludes halogenated alkanes) is 1. The van der Waals surface area contributed by atoms with Crippen LogP contribution in [-0.4, -0.2) is 85.0 Å². The molecule has 9 heteroatoms. The molecule has 2 amide bonds. The lowest BCUT2D eigenvalue weighted by Gasteiger charge is -2.36. The van der Waals surface area contributed by atoms with Crippen molar-refractivity contribution in [1.82, 2.24) is 9.80 Å². The molecule has 9 nitrogen and oxygen atoms in total. The number of anilines is 1. The number of rotatable bonds is 9. The van der Waals surface area contributed by atoms with Gasteiger partial charge in [-0.15, -0.1) is 0 Å². The first-order chi connectivity index (χ1) is 18.9. The molecule has 206 valence electrons. The SMILES string of the molecule is CCCCN1C(=O)[C@@]2(C(=C(O)c3ccc(OCC)cc3)C(=O)C(=O)N2CCN2CCOCC2)c2ccccc21. The average Bonchev–Trinajstić information content (AvgIpc) is 3.34. The van der Waals surface area contributed by atoms with Crippen molar-refractivity contribution >= 4 is 29.0 Å². The number of para-hydroxylation sites is 1. The number of carbonyl (C=O) groups excluding carboxylic acids is 3. The van der Waals surface area contributed by atoms with Crippen molar-refractivity contribution in [2.75, 3.05) is 57.4 Å². The molecule has 3 aliphatic heterocycles. The van der Waals surface area contributed by atoms with E-state index in [1.807, 2.05) is 26.0 Å². The highest BCUT2D eigenvalue weighted by atomic mass is 16.5. The number of ether oxygens (including phenoxy) is 2. The van der Waals surface area contributed by atoms with Gasteiger partial charge in [-0.3, -0.25) is 19.3 Å². The van der Waals surface area contributed by atoms with Gasteiger partial charge >= 0.3 is 0 Å². The number of aliphatic hydroxyl groups excluding tert-OH is 1. The predicted molar refractivity (Wildman–Crippen MR) is 147 cm³/mol. The molecule has 1 N–H and O–H groups in total. The molecule has 39 heavy (non-hydrogen) atoms. The normalized spacial score (nSPS) is 22.7. The van der Waals surface area contributed by atoms with Crippen LogP contribution in [0.1, 0.15) is 37.8 Å². The third-order valence-corrected chi connectivity index (χ3v) is 7.73. The highest BCUT2D eigenvalue weighted by Gasteiger charge is 2.67.